The Bertz CT molecular complexity index is 1260. The molecule has 1 atom stereocenters. The van der Waals surface area contributed by atoms with Gasteiger partial charge in [0, 0.05) is 18.7 Å². The van der Waals surface area contributed by atoms with Crippen molar-refractivity contribution in [2.45, 2.75) is 30.8 Å². The molecular formula is C28H34N2O5S. The van der Waals surface area contributed by atoms with Crippen molar-refractivity contribution in [2.24, 2.45) is 0 Å². The smallest absolute Gasteiger partial charge is 0.243 e. The van der Waals surface area contributed by atoms with Crippen molar-refractivity contribution in [3.63, 3.8) is 0 Å². The Morgan fingerprint density at radius 3 is 2.42 bits per heavy atom. The van der Waals surface area contributed by atoms with E-state index in [0.29, 0.717) is 24.5 Å². The number of para-hydroxylation sites is 1. The summed E-state index contributed by atoms with van der Waals surface area (Å²) in [6, 6.07) is 20.0. The molecule has 7 nitrogen and oxygen atoms in total. The van der Waals surface area contributed by atoms with Crippen LogP contribution in [0.4, 0.5) is 0 Å². The van der Waals surface area contributed by atoms with Crippen molar-refractivity contribution < 1.29 is 22.6 Å². The van der Waals surface area contributed by atoms with Gasteiger partial charge in [-0.1, -0.05) is 42.0 Å². The zero-order valence-corrected chi connectivity index (χ0v) is 22.1. The van der Waals surface area contributed by atoms with Crippen LogP contribution in [0, 0.1) is 6.92 Å². The van der Waals surface area contributed by atoms with E-state index in [-0.39, 0.29) is 18.0 Å². The van der Waals surface area contributed by atoms with Crippen molar-refractivity contribution in [2.75, 3.05) is 41.0 Å². The van der Waals surface area contributed by atoms with E-state index in [2.05, 4.69) is 4.90 Å². The standard InChI is InChI=1S/C28H34N2O5S/c1-21-8-14-26(15-9-21)36(31,32)30-19-23-6-5-7-27(33-4)28(23)35-20-24(30)18-22-10-12-25(13-11-22)34-17-16-29(2)3/h5-15,24H,16-20H2,1-4H3/t24-/m0/s1. The highest BCUT2D eigenvalue weighted by atomic mass is 32.2. The van der Waals surface area contributed by atoms with E-state index in [0.717, 1.165) is 29.0 Å². The fourth-order valence-electron chi connectivity index (χ4n) is 4.20. The minimum absolute atomic E-state index is 0.194. The summed E-state index contributed by atoms with van der Waals surface area (Å²) < 4.78 is 46.7. The summed E-state index contributed by atoms with van der Waals surface area (Å²) in [5.74, 6) is 1.98. The predicted molar refractivity (Wildman–Crippen MR) is 140 cm³/mol. The lowest BCUT2D eigenvalue weighted by atomic mass is 10.1. The first-order valence-electron chi connectivity index (χ1n) is 12.0. The third-order valence-electron chi connectivity index (χ3n) is 6.26. The molecule has 0 saturated carbocycles. The number of ether oxygens (including phenoxy) is 3. The van der Waals surface area contributed by atoms with Crippen LogP contribution in [0.1, 0.15) is 16.7 Å². The molecule has 3 aromatic rings. The Morgan fingerprint density at radius 1 is 1.03 bits per heavy atom. The summed E-state index contributed by atoms with van der Waals surface area (Å²) in [6.45, 7) is 3.77. The summed E-state index contributed by atoms with van der Waals surface area (Å²) in [4.78, 5) is 2.34. The molecule has 1 aliphatic heterocycles. The molecule has 0 amide bonds. The minimum atomic E-state index is -3.78. The highest BCUT2D eigenvalue weighted by molar-refractivity contribution is 7.89. The van der Waals surface area contributed by atoms with Crippen LogP contribution in [-0.4, -0.2) is 64.6 Å². The monoisotopic (exact) mass is 510 g/mol. The maximum Gasteiger partial charge on any atom is 0.243 e. The number of methoxy groups -OCH3 is 1. The van der Waals surface area contributed by atoms with E-state index in [4.69, 9.17) is 14.2 Å². The van der Waals surface area contributed by atoms with Gasteiger partial charge in [-0.2, -0.15) is 4.31 Å². The molecule has 0 unspecified atom stereocenters. The van der Waals surface area contributed by atoms with E-state index in [9.17, 15) is 8.42 Å². The van der Waals surface area contributed by atoms with Gasteiger partial charge in [-0.15, -0.1) is 0 Å². The molecule has 0 N–H and O–H groups in total. The first kappa shape index (κ1) is 26.0. The van der Waals surface area contributed by atoms with Crippen LogP contribution < -0.4 is 14.2 Å². The number of hydrogen-bond acceptors (Lipinski definition) is 6. The molecule has 192 valence electrons. The zero-order valence-electron chi connectivity index (χ0n) is 21.3. The Labute approximate surface area is 214 Å². The molecule has 3 aromatic carbocycles. The van der Waals surface area contributed by atoms with E-state index >= 15 is 0 Å². The maximum atomic E-state index is 13.9. The second-order valence-electron chi connectivity index (χ2n) is 9.28. The molecule has 36 heavy (non-hydrogen) atoms. The molecule has 4 rings (SSSR count). The van der Waals surface area contributed by atoms with Gasteiger partial charge in [-0.25, -0.2) is 8.42 Å². The fraction of sp³-hybridized carbons (Fsp3) is 0.357. The lowest BCUT2D eigenvalue weighted by Crippen LogP contribution is -2.43. The Morgan fingerprint density at radius 2 is 1.75 bits per heavy atom. The number of fused-ring (bicyclic) bond motifs is 1. The van der Waals surface area contributed by atoms with Gasteiger partial charge in [0.05, 0.1) is 18.0 Å². The number of sulfonamides is 1. The van der Waals surface area contributed by atoms with Gasteiger partial charge in [-0.05, 0) is 63.3 Å². The SMILES string of the molecule is COc1cccc2c1OC[C@H](Cc1ccc(OCCN(C)C)cc1)N(S(=O)(=O)c1ccc(C)cc1)C2. The van der Waals surface area contributed by atoms with Crippen molar-refractivity contribution in [3.05, 3.63) is 83.4 Å². The average Bonchev–Trinajstić information content (AvgIpc) is 3.05. The van der Waals surface area contributed by atoms with E-state index in [1.807, 2.05) is 75.6 Å². The van der Waals surface area contributed by atoms with Crippen LogP contribution in [0.25, 0.3) is 0 Å². The van der Waals surface area contributed by atoms with Gasteiger partial charge >= 0.3 is 0 Å². The molecular weight excluding hydrogens is 476 g/mol. The van der Waals surface area contributed by atoms with Crippen molar-refractivity contribution in [3.8, 4) is 17.2 Å². The third-order valence-corrected chi connectivity index (χ3v) is 8.18. The average molecular weight is 511 g/mol. The van der Waals surface area contributed by atoms with Gasteiger partial charge in [0.15, 0.2) is 11.5 Å². The van der Waals surface area contributed by atoms with Gasteiger partial charge in [0.1, 0.15) is 19.0 Å². The number of hydrogen-bond donors (Lipinski definition) is 0. The summed E-state index contributed by atoms with van der Waals surface area (Å²) in [7, 11) is 1.82. The number of aryl methyl sites for hydroxylation is 1. The molecule has 0 bridgehead atoms. The van der Waals surface area contributed by atoms with Gasteiger partial charge in [0.2, 0.25) is 10.0 Å². The number of rotatable bonds is 9. The highest BCUT2D eigenvalue weighted by Crippen LogP contribution is 2.36. The van der Waals surface area contributed by atoms with Crippen molar-refractivity contribution in [1.82, 2.24) is 9.21 Å². The Kier molecular flexibility index (Phi) is 8.18. The molecule has 0 aromatic heterocycles. The van der Waals surface area contributed by atoms with Crippen LogP contribution in [0.15, 0.2) is 71.6 Å². The first-order valence-corrected chi connectivity index (χ1v) is 13.5. The summed E-state index contributed by atoms with van der Waals surface area (Å²) in [6.07, 6.45) is 0.499. The fourth-order valence-corrected chi connectivity index (χ4v) is 5.79. The van der Waals surface area contributed by atoms with E-state index < -0.39 is 16.1 Å². The molecule has 0 saturated heterocycles. The van der Waals surface area contributed by atoms with E-state index in [1.165, 1.54) is 0 Å². The zero-order chi connectivity index (χ0) is 25.7. The van der Waals surface area contributed by atoms with Crippen LogP contribution >= 0.6 is 0 Å². The molecule has 0 aliphatic carbocycles. The lowest BCUT2D eigenvalue weighted by Gasteiger charge is -2.28. The molecule has 8 heteroatoms. The van der Waals surface area contributed by atoms with Crippen LogP contribution in [0.2, 0.25) is 0 Å². The second kappa shape index (κ2) is 11.3. The van der Waals surface area contributed by atoms with Crippen molar-refractivity contribution in [1.29, 1.82) is 0 Å². The van der Waals surface area contributed by atoms with Crippen molar-refractivity contribution >= 4 is 10.0 Å². The number of nitrogens with zero attached hydrogens (tertiary/aromatic N) is 2. The molecule has 0 spiro atoms. The first-order chi connectivity index (χ1) is 17.3. The summed E-state index contributed by atoms with van der Waals surface area (Å²) in [5.41, 5.74) is 2.79. The third kappa shape index (κ3) is 6.00. The quantitative estimate of drug-likeness (QED) is 0.431. The molecule has 0 radical (unpaired) electrons. The Hall–Kier alpha value is -3.07. The normalized spacial score (nSPS) is 16.2. The van der Waals surface area contributed by atoms with Gasteiger partial charge in [-0.3, -0.25) is 0 Å². The molecule has 1 aliphatic rings. The van der Waals surface area contributed by atoms with E-state index in [1.54, 1.807) is 23.5 Å². The largest absolute Gasteiger partial charge is 0.493 e. The van der Waals surface area contributed by atoms with Crippen LogP contribution in [0.3, 0.4) is 0 Å². The topological polar surface area (TPSA) is 68.3 Å². The maximum absolute atomic E-state index is 13.9. The van der Waals surface area contributed by atoms with Crippen LogP contribution in [0.5, 0.6) is 17.2 Å². The molecule has 1 heterocycles. The highest BCUT2D eigenvalue weighted by Gasteiger charge is 2.35. The second-order valence-corrected chi connectivity index (χ2v) is 11.2. The minimum Gasteiger partial charge on any atom is -0.493 e. The summed E-state index contributed by atoms with van der Waals surface area (Å²) in [5, 5.41) is 0. The van der Waals surface area contributed by atoms with Crippen LogP contribution in [-0.2, 0) is 23.0 Å². The number of benzene rings is 3. The lowest BCUT2D eigenvalue weighted by molar-refractivity contribution is 0.214. The van der Waals surface area contributed by atoms with Gasteiger partial charge < -0.3 is 19.1 Å². The number of likely N-dealkylation sites (N-methyl/N-ethyl adjacent to an activating group) is 1. The Balaban J connectivity index is 1.62. The molecule has 0 fully saturated rings. The summed E-state index contributed by atoms with van der Waals surface area (Å²) >= 11 is 0. The predicted octanol–water partition coefficient (Wildman–Crippen LogP) is 4.14. The van der Waals surface area contributed by atoms with Gasteiger partial charge in [0.25, 0.3) is 0 Å².